The first-order valence-electron chi connectivity index (χ1n) is 5.10. The zero-order valence-electron chi connectivity index (χ0n) is 8.80. The molecule has 0 saturated heterocycles. The van der Waals surface area contributed by atoms with E-state index < -0.39 is 0 Å². The van der Waals surface area contributed by atoms with E-state index in [2.05, 4.69) is 18.3 Å². The van der Waals surface area contributed by atoms with Crippen molar-refractivity contribution >= 4 is 11.3 Å². The third kappa shape index (κ3) is 2.56. The van der Waals surface area contributed by atoms with E-state index in [1.165, 1.54) is 28.2 Å². The van der Waals surface area contributed by atoms with Crippen LogP contribution in [0.5, 0.6) is 0 Å². The molecular weight excluding hydrogens is 194 g/mol. The van der Waals surface area contributed by atoms with E-state index in [1.54, 1.807) is 7.11 Å². The number of ether oxygens (including phenoxy) is 1. The summed E-state index contributed by atoms with van der Waals surface area (Å²) in [5, 5.41) is 3.53. The van der Waals surface area contributed by atoms with Gasteiger partial charge in [-0.25, -0.2) is 0 Å². The first kappa shape index (κ1) is 10.1. The maximum Gasteiger partial charge on any atom is 0.0723 e. The van der Waals surface area contributed by atoms with E-state index in [0.717, 1.165) is 19.2 Å². The molecule has 1 fully saturated rings. The second-order valence-corrected chi connectivity index (χ2v) is 5.22. The fourth-order valence-corrected chi connectivity index (χ4v) is 2.50. The van der Waals surface area contributed by atoms with Crippen LogP contribution in [0, 0.1) is 6.92 Å². The molecule has 2 rings (SSSR count). The molecule has 0 radical (unpaired) electrons. The predicted octanol–water partition coefficient (Wildman–Crippen LogP) is 2.45. The van der Waals surface area contributed by atoms with E-state index in [1.807, 2.05) is 11.3 Å². The summed E-state index contributed by atoms with van der Waals surface area (Å²) in [6, 6.07) is 3.06. The lowest BCUT2D eigenvalue weighted by atomic mass is 10.2. The molecule has 1 N–H and O–H groups in total. The van der Waals surface area contributed by atoms with Crippen molar-refractivity contribution in [3.05, 3.63) is 21.4 Å². The van der Waals surface area contributed by atoms with Gasteiger partial charge in [0.05, 0.1) is 6.61 Å². The second kappa shape index (κ2) is 4.43. The van der Waals surface area contributed by atoms with Gasteiger partial charge < -0.3 is 10.1 Å². The number of hydrogen-bond donors (Lipinski definition) is 1. The van der Waals surface area contributed by atoms with Crippen LogP contribution in [0.1, 0.15) is 28.2 Å². The summed E-state index contributed by atoms with van der Waals surface area (Å²) in [4.78, 5) is 2.82. The lowest BCUT2D eigenvalue weighted by Crippen LogP contribution is -2.14. The maximum absolute atomic E-state index is 5.15. The number of hydrogen-bond acceptors (Lipinski definition) is 3. The number of nitrogens with one attached hydrogen (secondary N) is 1. The predicted molar refractivity (Wildman–Crippen MR) is 59.6 cm³/mol. The van der Waals surface area contributed by atoms with Crippen molar-refractivity contribution in [2.75, 3.05) is 7.11 Å². The third-order valence-corrected chi connectivity index (χ3v) is 3.61. The van der Waals surface area contributed by atoms with Crippen molar-refractivity contribution in [3.63, 3.8) is 0 Å². The van der Waals surface area contributed by atoms with Crippen LogP contribution >= 0.6 is 11.3 Å². The van der Waals surface area contributed by atoms with E-state index in [-0.39, 0.29) is 0 Å². The molecule has 1 aromatic rings. The first-order valence-corrected chi connectivity index (χ1v) is 5.91. The molecule has 0 bridgehead atoms. The molecular formula is C11H17NOS. The van der Waals surface area contributed by atoms with Crippen LogP contribution in [0.15, 0.2) is 6.07 Å². The average molecular weight is 211 g/mol. The summed E-state index contributed by atoms with van der Waals surface area (Å²) in [6.45, 7) is 3.94. The van der Waals surface area contributed by atoms with Crippen LogP contribution in [0.2, 0.25) is 0 Å². The van der Waals surface area contributed by atoms with E-state index in [0.29, 0.717) is 0 Å². The zero-order valence-corrected chi connectivity index (χ0v) is 9.62. The Balaban J connectivity index is 1.92. The molecule has 1 aliphatic rings. The molecule has 0 spiro atoms. The van der Waals surface area contributed by atoms with Crippen LogP contribution in [0.4, 0.5) is 0 Å². The fraction of sp³-hybridized carbons (Fsp3) is 0.636. The summed E-state index contributed by atoms with van der Waals surface area (Å²) in [5.74, 6) is 0. The Morgan fingerprint density at radius 2 is 2.36 bits per heavy atom. The molecule has 2 nitrogen and oxygen atoms in total. The van der Waals surface area contributed by atoms with E-state index in [4.69, 9.17) is 4.74 Å². The number of aryl methyl sites for hydroxylation is 1. The molecule has 1 heterocycles. The monoisotopic (exact) mass is 211 g/mol. The molecule has 0 aliphatic heterocycles. The van der Waals surface area contributed by atoms with Crippen LogP contribution in [-0.2, 0) is 17.9 Å². The van der Waals surface area contributed by atoms with Gasteiger partial charge in [0.15, 0.2) is 0 Å². The number of thiophene rings is 1. The Morgan fingerprint density at radius 1 is 1.57 bits per heavy atom. The van der Waals surface area contributed by atoms with E-state index in [9.17, 15) is 0 Å². The second-order valence-electron chi connectivity index (χ2n) is 3.88. The summed E-state index contributed by atoms with van der Waals surface area (Å²) < 4.78 is 5.15. The topological polar surface area (TPSA) is 21.3 Å². The van der Waals surface area contributed by atoms with Crippen molar-refractivity contribution in [1.29, 1.82) is 0 Å². The van der Waals surface area contributed by atoms with Crippen molar-refractivity contribution < 1.29 is 4.74 Å². The summed E-state index contributed by atoms with van der Waals surface area (Å²) in [5.41, 5.74) is 1.34. The first-order chi connectivity index (χ1) is 6.79. The van der Waals surface area contributed by atoms with Crippen LogP contribution in [0.25, 0.3) is 0 Å². The lowest BCUT2D eigenvalue weighted by molar-refractivity contribution is 0.185. The van der Waals surface area contributed by atoms with Crippen LogP contribution in [0.3, 0.4) is 0 Å². The van der Waals surface area contributed by atoms with Crippen molar-refractivity contribution in [3.8, 4) is 0 Å². The van der Waals surface area contributed by atoms with Crippen LogP contribution < -0.4 is 5.32 Å². The smallest absolute Gasteiger partial charge is 0.0723 e. The highest BCUT2D eigenvalue weighted by atomic mass is 32.1. The quantitative estimate of drug-likeness (QED) is 0.807. The highest BCUT2D eigenvalue weighted by molar-refractivity contribution is 7.12. The van der Waals surface area contributed by atoms with Gasteiger partial charge in [-0.05, 0) is 31.4 Å². The lowest BCUT2D eigenvalue weighted by Gasteiger charge is -1.97. The molecule has 0 atom stereocenters. The molecule has 78 valence electrons. The highest BCUT2D eigenvalue weighted by Gasteiger charge is 2.20. The maximum atomic E-state index is 5.15. The Morgan fingerprint density at radius 3 is 3.00 bits per heavy atom. The minimum Gasteiger partial charge on any atom is -0.380 e. The van der Waals surface area contributed by atoms with Crippen LogP contribution in [-0.4, -0.2) is 13.2 Å². The normalized spacial score (nSPS) is 16.1. The van der Waals surface area contributed by atoms with Gasteiger partial charge in [0.1, 0.15) is 0 Å². The molecule has 1 aromatic heterocycles. The van der Waals surface area contributed by atoms with Gasteiger partial charge in [-0.1, -0.05) is 0 Å². The van der Waals surface area contributed by atoms with Gasteiger partial charge >= 0.3 is 0 Å². The molecule has 0 unspecified atom stereocenters. The molecule has 0 aromatic carbocycles. The fourth-order valence-electron chi connectivity index (χ4n) is 1.51. The van der Waals surface area contributed by atoms with Crippen molar-refractivity contribution in [1.82, 2.24) is 5.32 Å². The van der Waals surface area contributed by atoms with Gasteiger partial charge in [0.25, 0.3) is 0 Å². The third-order valence-electron chi connectivity index (χ3n) is 2.51. The standard InChI is InChI=1S/C11H17NOS/c1-8-9(7-13-2)5-11(14-8)6-12-10-3-4-10/h5,10,12H,3-4,6-7H2,1-2H3. The van der Waals surface area contributed by atoms with Crippen molar-refractivity contribution in [2.45, 2.75) is 39.0 Å². The highest BCUT2D eigenvalue weighted by Crippen LogP contribution is 2.24. The Labute approximate surface area is 89.3 Å². The van der Waals surface area contributed by atoms with Gasteiger partial charge in [0, 0.05) is 29.5 Å². The Kier molecular flexibility index (Phi) is 3.21. The molecule has 14 heavy (non-hydrogen) atoms. The molecule has 0 amide bonds. The van der Waals surface area contributed by atoms with Gasteiger partial charge in [-0.2, -0.15) is 0 Å². The number of rotatable bonds is 5. The molecule has 1 saturated carbocycles. The minimum absolute atomic E-state index is 0.742. The molecule has 3 heteroatoms. The van der Waals surface area contributed by atoms with Crippen molar-refractivity contribution in [2.24, 2.45) is 0 Å². The summed E-state index contributed by atoms with van der Waals surface area (Å²) in [6.07, 6.45) is 2.71. The Bertz CT molecular complexity index is 304. The Hall–Kier alpha value is -0.380. The summed E-state index contributed by atoms with van der Waals surface area (Å²) >= 11 is 1.88. The average Bonchev–Trinajstić information content (AvgIpc) is 2.91. The minimum atomic E-state index is 0.742. The van der Waals surface area contributed by atoms with Gasteiger partial charge in [-0.3, -0.25) is 0 Å². The SMILES string of the molecule is COCc1cc(CNC2CC2)sc1C. The summed E-state index contributed by atoms with van der Waals surface area (Å²) in [7, 11) is 1.75. The zero-order chi connectivity index (χ0) is 9.97. The van der Waals surface area contributed by atoms with Gasteiger partial charge in [0.2, 0.25) is 0 Å². The largest absolute Gasteiger partial charge is 0.380 e. The van der Waals surface area contributed by atoms with E-state index >= 15 is 0 Å². The van der Waals surface area contributed by atoms with Gasteiger partial charge in [-0.15, -0.1) is 11.3 Å². The number of methoxy groups -OCH3 is 1. The molecule has 1 aliphatic carbocycles.